The molecule has 0 aromatic carbocycles. The Balaban J connectivity index is 2.50. The van der Waals surface area contributed by atoms with Crippen molar-refractivity contribution in [3.05, 3.63) is 29.0 Å². The first-order valence-electron chi connectivity index (χ1n) is 3.85. The highest BCUT2D eigenvalue weighted by Crippen LogP contribution is 2.06. The summed E-state index contributed by atoms with van der Waals surface area (Å²) in [4.78, 5) is 29.4. The van der Waals surface area contributed by atoms with Gasteiger partial charge in [-0.3, -0.25) is 9.63 Å². The molecule has 0 aliphatic carbocycles. The normalized spacial score (nSPS) is 9.67. The van der Waals surface area contributed by atoms with Crippen molar-refractivity contribution in [1.29, 1.82) is 0 Å². The van der Waals surface area contributed by atoms with Crippen LogP contribution in [-0.4, -0.2) is 28.6 Å². The molecule has 0 atom stereocenters. The van der Waals surface area contributed by atoms with Gasteiger partial charge in [0.25, 0.3) is 5.91 Å². The first-order valence-corrected chi connectivity index (χ1v) is 4.23. The third kappa shape index (κ3) is 3.92. The SMILES string of the molecule is O=C(O)CONC(=O)c1ccnc(Cl)c1. The molecule has 0 saturated heterocycles. The van der Waals surface area contributed by atoms with E-state index in [1.807, 2.05) is 5.48 Å². The Morgan fingerprint density at radius 1 is 1.60 bits per heavy atom. The lowest BCUT2D eigenvalue weighted by Gasteiger charge is -2.03. The number of nitrogens with zero attached hydrogens (tertiary/aromatic N) is 1. The summed E-state index contributed by atoms with van der Waals surface area (Å²) in [5.41, 5.74) is 2.19. The molecule has 0 spiro atoms. The minimum Gasteiger partial charge on any atom is -0.479 e. The van der Waals surface area contributed by atoms with Crippen LogP contribution < -0.4 is 5.48 Å². The maximum absolute atomic E-state index is 11.3. The summed E-state index contributed by atoms with van der Waals surface area (Å²) < 4.78 is 0. The van der Waals surface area contributed by atoms with Gasteiger partial charge in [-0.05, 0) is 12.1 Å². The smallest absolute Gasteiger partial charge is 0.332 e. The summed E-state index contributed by atoms with van der Waals surface area (Å²) in [5, 5.41) is 8.40. The van der Waals surface area contributed by atoms with Gasteiger partial charge in [0.15, 0.2) is 6.61 Å². The minimum absolute atomic E-state index is 0.167. The molecule has 0 saturated carbocycles. The molecule has 6 nitrogen and oxygen atoms in total. The predicted octanol–water partition coefficient (Wildman–Crippen LogP) is 0.481. The molecule has 0 aliphatic rings. The quantitative estimate of drug-likeness (QED) is 0.580. The van der Waals surface area contributed by atoms with E-state index in [1.165, 1.54) is 18.3 Å². The van der Waals surface area contributed by atoms with E-state index in [4.69, 9.17) is 16.7 Å². The van der Waals surface area contributed by atoms with Crippen LogP contribution in [0.15, 0.2) is 18.3 Å². The van der Waals surface area contributed by atoms with Gasteiger partial charge in [0, 0.05) is 11.8 Å². The average molecular weight is 231 g/mol. The fraction of sp³-hybridized carbons (Fsp3) is 0.125. The number of hydroxylamine groups is 1. The number of nitrogens with one attached hydrogen (secondary N) is 1. The van der Waals surface area contributed by atoms with E-state index >= 15 is 0 Å². The Hall–Kier alpha value is -1.66. The van der Waals surface area contributed by atoms with Gasteiger partial charge in [-0.15, -0.1) is 0 Å². The second-order valence-corrected chi connectivity index (χ2v) is 2.87. The second kappa shape index (κ2) is 5.28. The van der Waals surface area contributed by atoms with Crippen molar-refractivity contribution in [3.63, 3.8) is 0 Å². The van der Waals surface area contributed by atoms with E-state index in [2.05, 4.69) is 9.82 Å². The zero-order valence-corrected chi connectivity index (χ0v) is 8.19. The number of aromatic nitrogens is 1. The molecule has 80 valence electrons. The van der Waals surface area contributed by atoms with E-state index in [-0.39, 0.29) is 10.7 Å². The van der Waals surface area contributed by atoms with Crippen LogP contribution in [0.2, 0.25) is 5.15 Å². The molecule has 1 rings (SSSR count). The van der Waals surface area contributed by atoms with Gasteiger partial charge in [-0.2, -0.15) is 0 Å². The summed E-state index contributed by atoms with van der Waals surface area (Å²) in [6.45, 7) is -0.607. The van der Waals surface area contributed by atoms with Crippen molar-refractivity contribution >= 4 is 23.5 Å². The molecule has 7 heteroatoms. The molecule has 0 aliphatic heterocycles. The molecular formula is C8H7ClN2O4. The number of rotatable bonds is 4. The number of carbonyl (C=O) groups is 2. The maximum atomic E-state index is 11.3. The van der Waals surface area contributed by atoms with Gasteiger partial charge in [-0.1, -0.05) is 11.6 Å². The van der Waals surface area contributed by atoms with Crippen molar-refractivity contribution in [1.82, 2.24) is 10.5 Å². The number of hydrogen-bond donors (Lipinski definition) is 2. The largest absolute Gasteiger partial charge is 0.479 e. The number of carboxylic acid groups (broad SMARTS) is 1. The van der Waals surface area contributed by atoms with Crippen molar-refractivity contribution < 1.29 is 19.5 Å². The molecule has 0 fully saturated rings. The van der Waals surface area contributed by atoms with Gasteiger partial charge in [0.2, 0.25) is 0 Å². The second-order valence-electron chi connectivity index (χ2n) is 2.48. The zero-order chi connectivity index (χ0) is 11.3. The molecule has 1 aromatic heterocycles. The predicted molar refractivity (Wildman–Crippen MR) is 50.3 cm³/mol. The van der Waals surface area contributed by atoms with E-state index < -0.39 is 18.5 Å². The van der Waals surface area contributed by atoms with Gasteiger partial charge < -0.3 is 5.11 Å². The Bertz CT molecular complexity index is 383. The lowest BCUT2D eigenvalue weighted by molar-refractivity contribution is -0.144. The van der Waals surface area contributed by atoms with Crippen LogP contribution in [0, 0.1) is 0 Å². The third-order valence-electron chi connectivity index (χ3n) is 1.35. The standard InChI is InChI=1S/C8H7ClN2O4/c9-6-3-5(1-2-10-6)8(14)11-15-4-7(12)13/h1-3H,4H2,(H,11,14)(H,12,13). The Morgan fingerprint density at radius 2 is 2.33 bits per heavy atom. The van der Waals surface area contributed by atoms with E-state index in [1.54, 1.807) is 0 Å². The molecule has 1 heterocycles. The average Bonchev–Trinajstić information content (AvgIpc) is 2.17. The van der Waals surface area contributed by atoms with Gasteiger partial charge in [0.05, 0.1) is 0 Å². The molecule has 15 heavy (non-hydrogen) atoms. The molecular weight excluding hydrogens is 224 g/mol. The first-order chi connectivity index (χ1) is 7.09. The summed E-state index contributed by atoms with van der Waals surface area (Å²) in [7, 11) is 0. The van der Waals surface area contributed by atoms with Crippen LogP contribution in [0.1, 0.15) is 10.4 Å². The van der Waals surface area contributed by atoms with Gasteiger partial charge >= 0.3 is 5.97 Å². The Morgan fingerprint density at radius 3 is 2.93 bits per heavy atom. The van der Waals surface area contributed by atoms with Crippen molar-refractivity contribution in [2.75, 3.05) is 6.61 Å². The van der Waals surface area contributed by atoms with E-state index in [9.17, 15) is 9.59 Å². The number of halogens is 1. The zero-order valence-electron chi connectivity index (χ0n) is 7.44. The number of carbonyl (C=O) groups excluding carboxylic acids is 1. The van der Waals surface area contributed by atoms with Crippen molar-refractivity contribution in [2.24, 2.45) is 0 Å². The highest BCUT2D eigenvalue weighted by Gasteiger charge is 2.06. The fourth-order valence-corrected chi connectivity index (χ4v) is 0.940. The molecule has 0 bridgehead atoms. The summed E-state index contributed by atoms with van der Waals surface area (Å²) in [6, 6.07) is 2.76. The third-order valence-corrected chi connectivity index (χ3v) is 1.56. The maximum Gasteiger partial charge on any atom is 0.332 e. The summed E-state index contributed by atoms with van der Waals surface area (Å²) >= 11 is 5.55. The van der Waals surface area contributed by atoms with Crippen LogP contribution in [0.3, 0.4) is 0 Å². The highest BCUT2D eigenvalue weighted by atomic mass is 35.5. The van der Waals surface area contributed by atoms with Crippen molar-refractivity contribution in [2.45, 2.75) is 0 Å². The minimum atomic E-state index is -1.18. The fourth-order valence-electron chi connectivity index (χ4n) is 0.766. The number of hydrogen-bond acceptors (Lipinski definition) is 4. The monoisotopic (exact) mass is 230 g/mol. The number of aliphatic carboxylic acids is 1. The van der Waals surface area contributed by atoms with Crippen LogP contribution in [0.5, 0.6) is 0 Å². The lowest BCUT2D eigenvalue weighted by atomic mass is 10.3. The summed E-state index contributed by atoms with van der Waals surface area (Å²) in [6.07, 6.45) is 1.36. The van der Waals surface area contributed by atoms with Gasteiger partial charge in [-0.25, -0.2) is 15.3 Å². The number of pyridine rings is 1. The topological polar surface area (TPSA) is 88.5 Å². The number of carboxylic acids is 1. The Labute approximate surface area is 89.8 Å². The molecule has 1 amide bonds. The molecule has 0 radical (unpaired) electrons. The van der Waals surface area contributed by atoms with Crippen LogP contribution in [0.25, 0.3) is 0 Å². The number of amides is 1. The van der Waals surface area contributed by atoms with Crippen LogP contribution in [-0.2, 0) is 9.63 Å². The van der Waals surface area contributed by atoms with Crippen molar-refractivity contribution in [3.8, 4) is 0 Å². The van der Waals surface area contributed by atoms with Crippen LogP contribution in [0.4, 0.5) is 0 Å². The molecule has 1 aromatic rings. The van der Waals surface area contributed by atoms with E-state index in [0.29, 0.717) is 0 Å². The van der Waals surface area contributed by atoms with Gasteiger partial charge in [0.1, 0.15) is 5.15 Å². The van der Waals surface area contributed by atoms with Crippen LogP contribution >= 0.6 is 11.6 Å². The molecule has 2 N–H and O–H groups in total. The first kappa shape index (κ1) is 11.4. The summed E-state index contributed by atoms with van der Waals surface area (Å²) in [5.74, 6) is -1.76. The van der Waals surface area contributed by atoms with E-state index in [0.717, 1.165) is 0 Å². The highest BCUT2D eigenvalue weighted by molar-refractivity contribution is 6.29. The Kier molecular flexibility index (Phi) is 4.02. The molecule has 0 unspecified atom stereocenters. The lowest BCUT2D eigenvalue weighted by Crippen LogP contribution is -2.26.